The lowest BCUT2D eigenvalue weighted by Gasteiger charge is -2.38. The van der Waals surface area contributed by atoms with Crippen LogP contribution in [0.1, 0.15) is 33.6 Å². The van der Waals surface area contributed by atoms with Gasteiger partial charge >= 0.3 is 5.97 Å². The lowest BCUT2D eigenvalue weighted by atomic mass is 10.0. The monoisotopic (exact) mass is 273 g/mol. The van der Waals surface area contributed by atoms with E-state index in [4.69, 9.17) is 14.2 Å². The van der Waals surface area contributed by atoms with Gasteiger partial charge in [-0.1, -0.05) is 0 Å². The van der Waals surface area contributed by atoms with E-state index in [1.54, 1.807) is 6.92 Å². The smallest absolute Gasteiger partial charge is 0.305 e. The van der Waals surface area contributed by atoms with Gasteiger partial charge in [-0.05, 0) is 27.2 Å². The molecule has 0 unspecified atom stereocenters. The summed E-state index contributed by atoms with van der Waals surface area (Å²) in [7, 11) is 0. The van der Waals surface area contributed by atoms with Crippen LogP contribution >= 0.6 is 0 Å². The van der Waals surface area contributed by atoms with E-state index in [0.29, 0.717) is 26.1 Å². The summed E-state index contributed by atoms with van der Waals surface area (Å²) in [4.78, 5) is 11.3. The Bertz CT molecular complexity index is 333. The van der Waals surface area contributed by atoms with Crippen LogP contribution in [-0.4, -0.2) is 54.4 Å². The number of carbonyl (C=O) groups is 1. The minimum absolute atomic E-state index is 0.0183. The van der Waals surface area contributed by atoms with Crippen LogP contribution in [0.5, 0.6) is 0 Å². The number of rotatable bonds is 4. The zero-order chi connectivity index (χ0) is 14.0. The van der Waals surface area contributed by atoms with Crippen molar-refractivity contribution < 1.29 is 24.1 Å². The first-order chi connectivity index (χ1) is 8.93. The SMILES string of the molecule is CCOC(=O)CC[C@@H]1N[C@H]2COC(C)(C)O[C@H]2[C@H]1O. The summed E-state index contributed by atoms with van der Waals surface area (Å²) < 4.78 is 16.2. The van der Waals surface area contributed by atoms with E-state index in [9.17, 15) is 9.90 Å². The second-order valence-electron chi connectivity index (χ2n) is 5.51. The van der Waals surface area contributed by atoms with Crippen molar-refractivity contribution in [3.05, 3.63) is 0 Å². The number of aliphatic hydroxyl groups is 1. The third-order valence-electron chi connectivity index (χ3n) is 3.57. The fraction of sp³-hybridized carbons (Fsp3) is 0.923. The van der Waals surface area contributed by atoms with Gasteiger partial charge in [0.25, 0.3) is 0 Å². The summed E-state index contributed by atoms with van der Waals surface area (Å²) in [5, 5.41) is 13.5. The summed E-state index contributed by atoms with van der Waals surface area (Å²) in [5.41, 5.74) is 0. The Labute approximate surface area is 113 Å². The first-order valence-electron chi connectivity index (χ1n) is 6.84. The van der Waals surface area contributed by atoms with Gasteiger partial charge in [-0.25, -0.2) is 0 Å². The first kappa shape index (κ1) is 14.7. The van der Waals surface area contributed by atoms with Crippen molar-refractivity contribution in [2.24, 2.45) is 0 Å². The predicted octanol–water partition coefficient (Wildman–Crippen LogP) is 0.182. The third kappa shape index (κ3) is 3.45. The Morgan fingerprint density at radius 1 is 1.53 bits per heavy atom. The normalized spacial score (nSPS) is 36.8. The summed E-state index contributed by atoms with van der Waals surface area (Å²) in [6.07, 6.45) is -0.0678. The van der Waals surface area contributed by atoms with Gasteiger partial charge in [0.2, 0.25) is 0 Å². The molecule has 0 radical (unpaired) electrons. The molecule has 6 heteroatoms. The summed E-state index contributed by atoms with van der Waals surface area (Å²) >= 11 is 0. The summed E-state index contributed by atoms with van der Waals surface area (Å²) in [6.45, 7) is 6.34. The van der Waals surface area contributed by atoms with E-state index in [1.165, 1.54) is 0 Å². The third-order valence-corrected chi connectivity index (χ3v) is 3.57. The maximum absolute atomic E-state index is 11.3. The lowest BCUT2D eigenvalue weighted by Crippen LogP contribution is -2.51. The topological polar surface area (TPSA) is 77.0 Å². The molecule has 0 spiro atoms. The van der Waals surface area contributed by atoms with Crippen LogP contribution in [0, 0.1) is 0 Å². The molecule has 6 nitrogen and oxygen atoms in total. The van der Waals surface area contributed by atoms with Gasteiger partial charge < -0.3 is 24.6 Å². The highest BCUT2D eigenvalue weighted by Gasteiger charge is 2.48. The number of fused-ring (bicyclic) bond motifs is 1. The van der Waals surface area contributed by atoms with Crippen LogP contribution in [0.4, 0.5) is 0 Å². The fourth-order valence-corrected chi connectivity index (χ4v) is 2.64. The Hall–Kier alpha value is -0.690. The van der Waals surface area contributed by atoms with Crippen molar-refractivity contribution in [3.63, 3.8) is 0 Å². The molecule has 2 aliphatic rings. The number of hydrogen-bond donors (Lipinski definition) is 2. The van der Waals surface area contributed by atoms with Crippen LogP contribution in [0.15, 0.2) is 0 Å². The molecule has 2 aliphatic heterocycles. The molecule has 2 heterocycles. The van der Waals surface area contributed by atoms with Crippen LogP contribution < -0.4 is 5.32 Å². The zero-order valence-electron chi connectivity index (χ0n) is 11.7. The van der Waals surface area contributed by atoms with Gasteiger partial charge in [0, 0.05) is 12.5 Å². The highest BCUT2D eigenvalue weighted by molar-refractivity contribution is 5.69. The molecule has 0 saturated carbocycles. The molecular formula is C13H23NO5. The number of nitrogens with one attached hydrogen (secondary N) is 1. The minimum Gasteiger partial charge on any atom is -0.466 e. The van der Waals surface area contributed by atoms with Crippen molar-refractivity contribution in [1.29, 1.82) is 0 Å². The second kappa shape index (κ2) is 5.75. The van der Waals surface area contributed by atoms with E-state index in [-0.39, 0.29) is 24.2 Å². The Balaban J connectivity index is 1.86. The molecular weight excluding hydrogens is 250 g/mol. The molecule has 2 fully saturated rings. The van der Waals surface area contributed by atoms with Crippen molar-refractivity contribution in [2.45, 2.75) is 63.7 Å². The van der Waals surface area contributed by atoms with Crippen molar-refractivity contribution in [1.82, 2.24) is 5.32 Å². The van der Waals surface area contributed by atoms with E-state index >= 15 is 0 Å². The molecule has 19 heavy (non-hydrogen) atoms. The standard InChI is InChI=1S/C13H23NO5/c1-4-17-10(15)6-5-8-11(16)12-9(14-8)7-18-13(2,3)19-12/h8-9,11-12,14,16H,4-7H2,1-3H3/t8-,9-,11-,12+/m0/s1. The molecule has 0 aromatic rings. The van der Waals surface area contributed by atoms with E-state index in [0.717, 1.165) is 0 Å². The van der Waals surface area contributed by atoms with Gasteiger partial charge in [0.05, 0.1) is 25.4 Å². The molecule has 2 saturated heterocycles. The number of ether oxygens (including phenoxy) is 3. The van der Waals surface area contributed by atoms with Gasteiger partial charge in [0.1, 0.15) is 6.10 Å². The van der Waals surface area contributed by atoms with E-state index in [1.807, 2.05) is 13.8 Å². The molecule has 4 atom stereocenters. The molecule has 2 rings (SSSR count). The molecule has 110 valence electrons. The van der Waals surface area contributed by atoms with Crippen molar-refractivity contribution >= 4 is 5.97 Å². The zero-order valence-corrected chi connectivity index (χ0v) is 11.7. The molecule has 0 aliphatic carbocycles. The highest BCUT2D eigenvalue weighted by Crippen LogP contribution is 2.30. The summed E-state index contributed by atoms with van der Waals surface area (Å²) in [6, 6.07) is -0.174. The van der Waals surface area contributed by atoms with Crippen molar-refractivity contribution in [2.75, 3.05) is 13.2 Å². The minimum atomic E-state index is -0.667. The van der Waals surface area contributed by atoms with Gasteiger partial charge in [-0.2, -0.15) is 0 Å². The number of carbonyl (C=O) groups excluding carboxylic acids is 1. The number of hydrogen-bond acceptors (Lipinski definition) is 6. The molecule has 0 aromatic carbocycles. The van der Waals surface area contributed by atoms with Gasteiger partial charge in [0.15, 0.2) is 5.79 Å². The molecule has 0 bridgehead atoms. The van der Waals surface area contributed by atoms with Crippen LogP contribution in [0.2, 0.25) is 0 Å². The maximum Gasteiger partial charge on any atom is 0.305 e. The largest absolute Gasteiger partial charge is 0.466 e. The first-order valence-corrected chi connectivity index (χ1v) is 6.84. The van der Waals surface area contributed by atoms with Gasteiger partial charge in [-0.15, -0.1) is 0 Å². The lowest BCUT2D eigenvalue weighted by molar-refractivity contribution is -0.286. The Morgan fingerprint density at radius 2 is 2.26 bits per heavy atom. The Morgan fingerprint density at radius 3 is 2.95 bits per heavy atom. The van der Waals surface area contributed by atoms with Gasteiger partial charge in [-0.3, -0.25) is 4.79 Å². The molecule has 0 aromatic heterocycles. The van der Waals surface area contributed by atoms with E-state index < -0.39 is 11.9 Å². The van der Waals surface area contributed by atoms with Crippen LogP contribution in [-0.2, 0) is 19.0 Å². The average Bonchev–Trinajstić information content (AvgIpc) is 2.63. The molecule has 2 N–H and O–H groups in total. The number of esters is 1. The number of aliphatic hydroxyl groups excluding tert-OH is 1. The summed E-state index contributed by atoms with van der Waals surface area (Å²) in [5.74, 6) is -0.899. The van der Waals surface area contributed by atoms with Crippen molar-refractivity contribution in [3.8, 4) is 0 Å². The van der Waals surface area contributed by atoms with E-state index in [2.05, 4.69) is 5.32 Å². The van der Waals surface area contributed by atoms with Crippen LogP contribution in [0.3, 0.4) is 0 Å². The predicted molar refractivity (Wildman–Crippen MR) is 67.5 cm³/mol. The fourth-order valence-electron chi connectivity index (χ4n) is 2.64. The quantitative estimate of drug-likeness (QED) is 0.712. The molecule has 0 amide bonds. The highest BCUT2D eigenvalue weighted by atomic mass is 16.7. The maximum atomic E-state index is 11.3. The average molecular weight is 273 g/mol. The Kier molecular flexibility index (Phi) is 4.45. The second-order valence-corrected chi connectivity index (χ2v) is 5.51. The van der Waals surface area contributed by atoms with Crippen LogP contribution in [0.25, 0.3) is 0 Å².